The number of anilines is 3. The van der Waals surface area contributed by atoms with Crippen molar-refractivity contribution in [3.8, 4) is 12.3 Å². The van der Waals surface area contributed by atoms with Crippen molar-refractivity contribution >= 4 is 28.1 Å². The van der Waals surface area contributed by atoms with Crippen molar-refractivity contribution in [3.05, 3.63) is 53.2 Å². The molecule has 2 aromatic heterocycles. The summed E-state index contributed by atoms with van der Waals surface area (Å²) in [5.41, 5.74) is 2.51. The van der Waals surface area contributed by atoms with Gasteiger partial charge in [0.1, 0.15) is 5.82 Å². The Balaban J connectivity index is 1.55. The van der Waals surface area contributed by atoms with E-state index in [1.165, 1.54) is 16.5 Å². The zero-order valence-electron chi connectivity index (χ0n) is 15.8. The van der Waals surface area contributed by atoms with Crippen LogP contribution < -0.4 is 15.9 Å². The topological polar surface area (TPSA) is 66.3 Å². The van der Waals surface area contributed by atoms with Gasteiger partial charge in [-0.2, -0.15) is 0 Å². The number of likely N-dealkylation sites (N-methyl/N-ethyl adjacent to an activating group) is 1. The largest absolute Gasteiger partial charge is 0.369 e. The third-order valence-electron chi connectivity index (χ3n) is 5.01. The van der Waals surface area contributed by atoms with Crippen LogP contribution in [0.5, 0.6) is 0 Å². The molecule has 0 radical (unpaired) electrons. The first-order valence-corrected chi connectivity index (χ1v) is 9.24. The van der Waals surface area contributed by atoms with E-state index < -0.39 is 0 Å². The highest BCUT2D eigenvalue weighted by molar-refractivity contribution is 5.80. The molecule has 0 atom stereocenters. The van der Waals surface area contributed by atoms with E-state index in [0.717, 1.165) is 37.3 Å². The lowest BCUT2D eigenvalue weighted by Crippen LogP contribution is -2.44. The molecule has 1 aliphatic heterocycles. The normalized spacial score (nSPS) is 14.8. The average Bonchev–Trinajstić information content (AvgIpc) is 2.72. The van der Waals surface area contributed by atoms with Gasteiger partial charge in [-0.3, -0.25) is 4.57 Å². The van der Waals surface area contributed by atoms with Gasteiger partial charge in [0, 0.05) is 61.4 Å². The van der Waals surface area contributed by atoms with Gasteiger partial charge in [0.2, 0.25) is 0 Å². The lowest BCUT2D eigenvalue weighted by atomic mass is 10.2. The van der Waals surface area contributed by atoms with Crippen LogP contribution in [-0.2, 0) is 6.54 Å². The van der Waals surface area contributed by atoms with Gasteiger partial charge in [0.15, 0.2) is 0 Å². The summed E-state index contributed by atoms with van der Waals surface area (Å²) in [6.07, 6.45) is 8.60. The lowest BCUT2D eigenvalue weighted by molar-refractivity contribution is 0.313. The zero-order valence-corrected chi connectivity index (χ0v) is 15.8. The summed E-state index contributed by atoms with van der Waals surface area (Å²) in [4.78, 5) is 25.0. The summed E-state index contributed by atoms with van der Waals surface area (Å²) in [7, 11) is 2.15. The van der Waals surface area contributed by atoms with Crippen LogP contribution in [0.25, 0.3) is 10.9 Å². The second-order valence-corrected chi connectivity index (χ2v) is 6.92. The molecule has 28 heavy (non-hydrogen) atoms. The number of pyridine rings is 1. The van der Waals surface area contributed by atoms with Gasteiger partial charge in [-0.05, 0) is 31.3 Å². The minimum atomic E-state index is -0.362. The molecule has 1 N–H and O–H groups in total. The summed E-state index contributed by atoms with van der Waals surface area (Å²) in [6, 6.07) is 10.1. The molecule has 1 fully saturated rings. The summed E-state index contributed by atoms with van der Waals surface area (Å²) in [5, 5.41) is 4.07. The van der Waals surface area contributed by atoms with Gasteiger partial charge < -0.3 is 15.1 Å². The number of nitrogens with zero attached hydrogens (tertiary/aromatic N) is 5. The highest BCUT2D eigenvalue weighted by Gasteiger charge is 2.14. The molecule has 0 saturated carbocycles. The van der Waals surface area contributed by atoms with Gasteiger partial charge in [-0.25, -0.2) is 14.8 Å². The van der Waals surface area contributed by atoms with Crippen LogP contribution in [0.1, 0.15) is 0 Å². The standard InChI is InChI=1S/C21H22N6O/c1-3-8-27-19-13-20(22-14-16(19)15-23-21(27)28)24-17-4-6-18(7-5-17)26-11-9-25(2)10-12-26/h1,4-7,13-15H,8-12H2,2H3,(H,22,24). The Morgan fingerprint density at radius 1 is 1.11 bits per heavy atom. The van der Waals surface area contributed by atoms with E-state index in [1.54, 1.807) is 6.20 Å². The molecule has 4 rings (SSSR count). The Bertz CT molecular complexity index is 1070. The number of hydrogen-bond acceptors (Lipinski definition) is 6. The van der Waals surface area contributed by atoms with Gasteiger partial charge in [-0.15, -0.1) is 6.42 Å². The summed E-state index contributed by atoms with van der Waals surface area (Å²) >= 11 is 0. The van der Waals surface area contributed by atoms with E-state index in [-0.39, 0.29) is 12.2 Å². The van der Waals surface area contributed by atoms with Crippen molar-refractivity contribution in [2.75, 3.05) is 43.4 Å². The number of hydrogen-bond donors (Lipinski definition) is 1. The van der Waals surface area contributed by atoms with Crippen LogP contribution in [-0.4, -0.2) is 52.7 Å². The molecule has 1 aliphatic rings. The van der Waals surface area contributed by atoms with E-state index in [4.69, 9.17) is 6.42 Å². The molecule has 0 amide bonds. The number of nitrogens with one attached hydrogen (secondary N) is 1. The fourth-order valence-electron chi connectivity index (χ4n) is 3.37. The van der Waals surface area contributed by atoms with Gasteiger partial charge in [0.25, 0.3) is 0 Å². The number of piperazine rings is 1. The van der Waals surface area contributed by atoms with Crippen LogP contribution in [0.2, 0.25) is 0 Å². The van der Waals surface area contributed by atoms with Crippen molar-refractivity contribution < 1.29 is 0 Å². The van der Waals surface area contributed by atoms with E-state index in [0.29, 0.717) is 11.3 Å². The van der Waals surface area contributed by atoms with Crippen LogP contribution in [0.4, 0.5) is 17.2 Å². The SMILES string of the molecule is C#CCn1c(=O)ncc2cnc(Nc3ccc(N4CCN(C)CC4)cc3)cc21. The Hall–Kier alpha value is -3.37. The van der Waals surface area contributed by atoms with E-state index in [1.807, 2.05) is 18.2 Å². The van der Waals surface area contributed by atoms with E-state index in [9.17, 15) is 4.79 Å². The maximum absolute atomic E-state index is 12.0. The molecule has 3 aromatic rings. The van der Waals surface area contributed by atoms with Crippen molar-refractivity contribution in [1.82, 2.24) is 19.4 Å². The van der Waals surface area contributed by atoms with E-state index >= 15 is 0 Å². The van der Waals surface area contributed by atoms with Crippen molar-refractivity contribution in [3.63, 3.8) is 0 Å². The average molecular weight is 374 g/mol. The molecule has 7 heteroatoms. The predicted molar refractivity (Wildman–Crippen MR) is 112 cm³/mol. The quantitative estimate of drug-likeness (QED) is 0.704. The van der Waals surface area contributed by atoms with Crippen LogP contribution in [0, 0.1) is 12.3 Å². The molecule has 1 aromatic carbocycles. The summed E-state index contributed by atoms with van der Waals surface area (Å²) in [6.45, 7) is 4.41. The number of fused-ring (bicyclic) bond motifs is 1. The maximum atomic E-state index is 12.0. The fourth-order valence-corrected chi connectivity index (χ4v) is 3.37. The molecule has 3 heterocycles. The fraction of sp³-hybridized carbons (Fsp3) is 0.286. The number of aromatic nitrogens is 3. The van der Waals surface area contributed by atoms with Crippen molar-refractivity contribution in [2.45, 2.75) is 6.54 Å². The molecular weight excluding hydrogens is 352 g/mol. The van der Waals surface area contributed by atoms with Crippen LogP contribution in [0.3, 0.4) is 0 Å². The first-order valence-electron chi connectivity index (χ1n) is 9.24. The van der Waals surface area contributed by atoms with E-state index in [2.05, 4.69) is 50.2 Å². The van der Waals surface area contributed by atoms with Crippen molar-refractivity contribution in [2.24, 2.45) is 0 Å². The summed E-state index contributed by atoms with van der Waals surface area (Å²) < 4.78 is 1.47. The number of terminal acetylenes is 1. The highest BCUT2D eigenvalue weighted by atomic mass is 16.1. The number of benzene rings is 1. The van der Waals surface area contributed by atoms with Crippen LogP contribution in [0.15, 0.2) is 47.5 Å². The molecule has 142 valence electrons. The first kappa shape index (κ1) is 18.0. The maximum Gasteiger partial charge on any atom is 0.348 e. The monoisotopic (exact) mass is 374 g/mol. The second-order valence-electron chi connectivity index (χ2n) is 6.92. The first-order chi connectivity index (χ1) is 13.6. The van der Waals surface area contributed by atoms with Gasteiger partial charge >= 0.3 is 5.69 Å². The Morgan fingerprint density at radius 3 is 2.54 bits per heavy atom. The molecule has 0 aliphatic carbocycles. The molecule has 1 saturated heterocycles. The molecule has 0 bridgehead atoms. The number of rotatable bonds is 4. The Morgan fingerprint density at radius 2 is 1.82 bits per heavy atom. The van der Waals surface area contributed by atoms with Gasteiger partial charge in [0.05, 0.1) is 12.1 Å². The third kappa shape index (κ3) is 3.68. The second kappa shape index (κ2) is 7.71. The minimum absolute atomic E-state index is 0.173. The van der Waals surface area contributed by atoms with Crippen LogP contribution >= 0.6 is 0 Å². The smallest absolute Gasteiger partial charge is 0.348 e. The lowest BCUT2D eigenvalue weighted by Gasteiger charge is -2.34. The minimum Gasteiger partial charge on any atom is -0.369 e. The zero-order chi connectivity index (χ0) is 19.5. The van der Waals surface area contributed by atoms with Crippen molar-refractivity contribution in [1.29, 1.82) is 0 Å². The Kier molecular flexibility index (Phi) is 4.96. The molecule has 0 unspecified atom stereocenters. The molecule has 0 spiro atoms. The predicted octanol–water partition coefficient (Wildman–Crippen LogP) is 1.92. The van der Waals surface area contributed by atoms with Gasteiger partial charge in [-0.1, -0.05) is 5.92 Å². The summed E-state index contributed by atoms with van der Waals surface area (Å²) in [5.74, 6) is 3.15. The third-order valence-corrected chi connectivity index (χ3v) is 5.01. The molecular formula is C21H22N6O. The highest BCUT2D eigenvalue weighted by Crippen LogP contribution is 2.22. The Labute approximate surface area is 163 Å². The molecule has 7 nitrogen and oxygen atoms in total.